The van der Waals surface area contributed by atoms with Gasteiger partial charge in [0.05, 0.1) is 0 Å². The molecule has 1 saturated heterocycles. The van der Waals surface area contributed by atoms with Crippen LogP contribution in [-0.2, 0) is 24.0 Å². The third kappa shape index (κ3) is 7.50. The molecule has 6 amide bonds. The first-order chi connectivity index (χ1) is 16.4. The first-order valence-corrected chi connectivity index (χ1v) is 12.4. The van der Waals surface area contributed by atoms with Crippen LogP contribution in [0.4, 0.5) is 4.79 Å². The summed E-state index contributed by atoms with van der Waals surface area (Å²) in [6, 6.07) is -1.43. The van der Waals surface area contributed by atoms with E-state index in [0.29, 0.717) is 45.2 Å². The zero-order chi connectivity index (χ0) is 26.3. The summed E-state index contributed by atoms with van der Waals surface area (Å²) in [6.07, 6.45) is 3.33. The van der Waals surface area contributed by atoms with E-state index in [1.165, 1.54) is 11.8 Å². The Balaban J connectivity index is 1.78. The van der Waals surface area contributed by atoms with Crippen LogP contribution < -0.4 is 21.7 Å². The number of amides is 6. The number of rotatable bonds is 14. The Morgan fingerprint density at radius 2 is 1.83 bits per heavy atom. The van der Waals surface area contributed by atoms with Crippen LogP contribution in [0.3, 0.4) is 0 Å². The molecular formula is C24H39N5O6. The minimum atomic E-state index is -0.976. The number of nitrogens with one attached hydrogen (secondary N) is 3. The number of unbranched alkanes of at least 4 members (excludes halogenated alkanes) is 2. The van der Waals surface area contributed by atoms with Crippen LogP contribution in [0.1, 0.15) is 72.6 Å². The van der Waals surface area contributed by atoms with Crippen LogP contribution in [-0.4, -0.2) is 65.0 Å². The Kier molecular flexibility index (Phi) is 9.79. The molecular weight excluding hydrogens is 454 g/mol. The molecule has 0 spiro atoms. The van der Waals surface area contributed by atoms with E-state index in [4.69, 9.17) is 5.73 Å². The molecule has 1 heterocycles. The number of imide groups is 1. The third-order valence-corrected chi connectivity index (χ3v) is 6.89. The second-order valence-electron chi connectivity index (χ2n) is 10.1. The Labute approximate surface area is 206 Å². The molecule has 0 aromatic carbocycles. The average Bonchev–Trinajstić information content (AvgIpc) is 3.40. The quantitative estimate of drug-likeness (QED) is 0.204. The topological polar surface area (TPSA) is 168 Å². The van der Waals surface area contributed by atoms with Gasteiger partial charge < -0.3 is 21.7 Å². The van der Waals surface area contributed by atoms with E-state index in [1.54, 1.807) is 6.92 Å². The molecule has 11 heteroatoms. The number of nitrogens with two attached hydrogens (primary N) is 1. The highest BCUT2D eigenvalue weighted by Crippen LogP contribution is 2.46. The molecule has 196 valence electrons. The molecule has 35 heavy (non-hydrogen) atoms. The summed E-state index contributed by atoms with van der Waals surface area (Å²) in [5.74, 6) is -1.66. The van der Waals surface area contributed by atoms with Gasteiger partial charge in [0.15, 0.2) is 5.78 Å². The summed E-state index contributed by atoms with van der Waals surface area (Å²) in [5.41, 5.74) is 4.09. The number of urea groups is 1. The second kappa shape index (κ2) is 12.1. The Morgan fingerprint density at radius 3 is 2.37 bits per heavy atom. The maximum absolute atomic E-state index is 13.0. The van der Waals surface area contributed by atoms with Gasteiger partial charge in [-0.1, -0.05) is 27.2 Å². The monoisotopic (exact) mass is 493 g/mol. The summed E-state index contributed by atoms with van der Waals surface area (Å²) in [5, 5.41) is 8.11. The number of carbonyl (C=O) groups excluding carboxylic acids is 6. The van der Waals surface area contributed by atoms with E-state index in [9.17, 15) is 28.8 Å². The molecule has 1 saturated carbocycles. The zero-order valence-corrected chi connectivity index (χ0v) is 21.1. The molecule has 4 atom stereocenters. The lowest BCUT2D eigenvalue weighted by Crippen LogP contribution is -2.55. The fraction of sp³-hybridized carbons (Fsp3) is 0.750. The number of Topliss-reactive ketones (excluding diaryl/α,β-unsaturated/α-hetero) is 1. The van der Waals surface area contributed by atoms with Crippen molar-refractivity contribution in [3.05, 3.63) is 0 Å². The highest BCUT2D eigenvalue weighted by Gasteiger charge is 2.58. The van der Waals surface area contributed by atoms with Crippen LogP contribution in [0.5, 0.6) is 0 Å². The van der Waals surface area contributed by atoms with E-state index in [1.807, 2.05) is 13.8 Å². The first kappa shape index (κ1) is 28.3. The van der Waals surface area contributed by atoms with Crippen molar-refractivity contribution in [2.24, 2.45) is 23.5 Å². The van der Waals surface area contributed by atoms with Gasteiger partial charge in [-0.2, -0.15) is 0 Å². The van der Waals surface area contributed by atoms with Crippen molar-refractivity contribution in [1.29, 1.82) is 0 Å². The fourth-order valence-corrected chi connectivity index (χ4v) is 4.61. The van der Waals surface area contributed by atoms with Gasteiger partial charge in [-0.05, 0) is 44.4 Å². The van der Waals surface area contributed by atoms with Crippen LogP contribution in [0.25, 0.3) is 0 Å². The molecule has 0 aromatic heterocycles. The van der Waals surface area contributed by atoms with Crippen molar-refractivity contribution >= 4 is 35.4 Å². The van der Waals surface area contributed by atoms with E-state index in [2.05, 4.69) is 16.0 Å². The first-order valence-electron chi connectivity index (χ1n) is 12.4. The van der Waals surface area contributed by atoms with E-state index < -0.39 is 23.5 Å². The lowest BCUT2D eigenvalue weighted by molar-refractivity contribution is -0.139. The molecule has 5 N–H and O–H groups in total. The van der Waals surface area contributed by atoms with E-state index >= 15 is 0 Å². The summed E-state index contributed by atoms with van der Waals surface area (Å²) in [4.78, 5) is 73.7. The predicted octanol–water partition coefficient (Wildman–Crippen LogP) is 0.605. The third-order valence-electron chi connectivity index (χ3n) is 6.89. The van der Waals surface area contributed by atoms with Crippen molar-refractivity contribution < 1.29 is 28.8 Å². The Hall–Kier alpha value is -2.98. The van der Waals surface area contributed by atoms with Gasteiger partial charge >= 0.3 is 6.03 Å². The van der Waals surface area contributed by atoms with Crippen molar-refractivity contribution in [2.75, 3.05) is 13.1 Å². The lowest BCUT2D eigenvalue weighted by atomic mass is 10.0. The maximum Gasteiger partial charge on any atom is 0.312 e. The number of hydrogen-bond acceptors (Lipinski definition) is 6. The van der Waals surface area contributed by atoms with Crippen molar-refractivity contribution in [3.63, 3.8) is 0 Å². The molecule has 2 fully saturated rings. The van der Waals surface area contributed by atoms with Gasteiger partial charge in [-0.25, -0.2) is 4.79 Å². The lowest BCUT2D eigenvalue weighted by Gasteiger charge is -2.25. The second-order valence-corrected chi connectivity index (χ2v) is 10.1. The van der Waals surface area contributed by atoms with Gasteiger partial charge in [-0.15, -0.1) is 0 Å². The number of likely N-dealkylation sites (tertiary alicyclic amines) is 1. The SMILES string of the molecule is CC(=O)C1(NC(=O)[C@@H](NC(=O)CCCCCN2C(=O)CC(C)C2=O)C(C)C)CC1CCNC(N)=O. The molecule has 11 nitrogen and oxygen atoms in total. The van der Waals surface area contributed by atoms with Crippen molar-refractivity contribution in [3.8, 4) is 0 Å². The van der Waals surface area contributed by atoms with Crippen molar-refractivity contribution in [1.82, 2.24) is 20.9 Å². The summed E-state index contributed by atoms with van der Waals surface area (Å²) >= 11 is 0. The number of nitrogens with zero attached hydrogens (tertiary/aromatic N) is 1. The Morgan fingerprint density at radius 1 is 1.14 bits per heavy atom. The number of carbonyl (C=O) groups is 6. The molecule has 2 rings (SSSR count). The van der Waals surface area contributed by atoms with Crippen LogP contribution >= 0.6 is 0 Å². The molecule has 3 unspecified atom stereocenters. The van der Waals surface area contributed by atoms with Gasteiger partial charge in [0, 0.05) is 31.8 Å². The molecule has 1 aliphatic heterocycles. The maximum atomic E-state index is 13.0. The fourth-order valence-electron chi connectivity index (χ4n) is 4.61. The minimum absolute atomic E-state index is 0.100. The largest absolute Gasteiger partial charge is 0.352 e. The Bertz CT molecular complexity index is 859. The predicted molar refractivity (Wildman–Crippen MR) is 128 cm³/mol. The van der Waals surface area contributed by atoms with E-state index in [0.717, 1.165) is 0 Å². The zero-order valence-electron chi connectivity index (χ0n) is 21.1. The van der Waals surface area contributed by atoms with Gasteiger partial charge in [0.1, 0.15) is 11.6 Å². The van der Waals surface area contributed by atoms with Gasteiger partial charge in [0.25, 0.3) is 0 Å². The number of hydrogen-bond donors (Lipinski definition) is 4. The summed E-state index contributed by atoms with van der Waals surface area (Å²) in [7, 11) is 0. The normalized spacial score (nSPS) is 24.3. The summed E-state index contributed by atoms with van der Waals surface area (Å²) in [6.45, 7) is 7.48. The van der Waals surface area contributed by atoms with Gasteiger partial charge in [0.2, 0.25) is 23.6 Å². The average molecular weight is 494 g/mol. The van der Waals surface area contributed by atoms with Crippen LogP contribution in [0.15, 0.2) is 0 Å². The number of primary amides is 1. The minimum Gasteiger partial charge on any atom is -0.352 e. The van der Waals surface area contributed by atoms with Crippen molar-refractivity contribution in [2.45, 2.75) is 84.2 Å². The highest BCUT2D eigenvalue weighted by molar-refractivity contribution is 6.03. The summed E-state index contributed by atoms with van der Waals surface area (Å²) < 4.78 is 0. The number of ketones is 1. The molecule has 0 bridgehead atoms. The van der Waals surface area contributed by atoms with Crippen LogP contribution in [0, 0.1) is 17.8 Å². The standard InChI is InChI=1S/C24H39N5O6/c1-14(2)20(21(33)28-24(16(4)30)13-17(24)9-10-26-23(25)35)27-18(31)8-6-5-7-11-29-19(32)12-15(3)22(29)34/h14-15,17,20H,5-13H2,1-4H3,(H,27,31)(H,28,33)(H3,25,26,35)/t15?,17?,20-,24?/m0/s1. The molecule has 0 aromatic rings. The molecule has 1 aliphatic carbocycles. The van der Waals surface area contributed by atoms with Gasteiger partial charge in [-0.3, -0.25) is 28.9 Å². The molecule has 2 aliphatic rings. The van der Waals surface area contributed by atoms with Crippen LogP contribution in [0.2, 0.25) is 0 Å². The van der Waals surface area contributed by atoms with E-state index in [-0.39, 0.29) is 54.1 Å². The highest BCUT2D eigenvalue weighted by atomic mass is 16.2. The smallest absolute Gasteiger partial charge is 0.312 e. The molecule has 0 radical (unpaired) electrons.